The number of nitrogens with zero attached hydrogens (tertiary/aromatic N) is 1. The minimum Gasteiger partial charge on any atom is -0.347 e. The van der Waals surface area contributed by atoms with Gasteiger partial charge >= 0.3 is 0 Å². The van der Waals surface area contributed by atoms with Crippen LogP contribution in [0.1, 0.15) is 28.4 Å². The highest BCUT2D eigenvalue weighted by Gasteiger charge is 2.29. The molecule has 130 valence electrons. The Morgan fingerprint density at radius 3 is 2.75 bits per heavy atom. The third-order valence-corrected chi connectivity index (χ3v) is 4.35. The maximum Gasteiger partial charge on any atom is 0.268 e. The Morgan fingerprint density at radius 2 is 2.08 bits per heavy atom. The minimum absolute atomic E-state index is 0. The van der Waals surface area contributed by atoms with Crippen molar-refractivity contribution >= 4 is 18.3 Å². The molecule has 1 aromatic carbocycles. The van der Waals surface area contributed by atoms with Crippen molar-refractivity contribution in [3.8, 4) is 0 Å². The van der Waals surface area contributed by atoms with Gasteiger partial charge in [0, 0.05) is 31.7 Å². The van der Waals surface area contributed by atoms with E-state index in [1.54, 1.807) is 36.0 Å². The predicted molar refractivity (Wildman–Crippen MR) is 90.5 cm³/mol. The van der Waals surface area contributed by atoms with Gasteiger partial charge in [-0.25, -0.2) is 8.78 Å². The highest BCUT2D eigenvalue weighted by Crippen LogP contribution is 2.27. The van der Waals surface area contributed by atoms with Crippen LogP contribution in [0.4, 0.5) is 8.78 Å². The number of amides is 1. The molecule has 0 radical (unpaired) electrons. The van der Waals surface area contributed by atoms with E-state index in [4.69, 9.17) is 0 Å². The van der Waals surface area contributed by atoms with Gasteiger partial charge in [-0.3, -0.25) is 4.79 Å². The van der Waals surface area contributed by atoms with Gasteiger partial charge in [0.25, 0.3) is 5.91 Å². The molecule has 1 amide bonds. The molecule has 3 rings (SSSR count). The number of carbonyl (C=O) groups is 1. The van der Waals surface area contributed by atoms with Gasteiger partial charge in [0.05, 0.1) is 0 Å². The number of aromatic nitrogens is 1. The summed E-state index contributed by atoms with van der Waals surface area (Å²) in [5.41, 5.74) is 1.28. The second-order valence-electron chi connectivity index (χ2n) is 5.86. The fourth-order valence-electron chi connectivity index (χ4n) is 3.09. The van der Waals surface area contributed by atoms with Crippen LogP contribution in [0.5, 0.6) is 0 Å². The van der Waals surface area contributed by atoms with Gasteiger partial charge in [-0.1, -0.05) is 6.07 Å². The highest BCUT2D eigenvalue weighted by atomic mass is 35.5. The summed E-state index contributed by atoms with van der Waals surface area (Å²) in [5.74, 6) is -1.92. The molecule has 2 unspecified atom stereocenters. The van der Waals surface area contributed by atoms with E-state index in [0.717, 1.165) is 19.0 Å². The van der Waals surface area contributed by atoms with Gasteiger partial charge in [-0.05, 0) is 42.8 Å². The molecule has 24 heavy (non-hydrogen) atoms. The van der Waals surface area contributed by atoms with Crippen molar-refractivity contribution in [1.82, 2.24) is 15.2 Å². The number of piperidine rings is 1. The Hall–Kier alpha value is -1.92. The van der Waals surface area contributed by atoms with E-state index in [1.165, 1.54) is 6.07 Å². The molecule has 1 fully saturated rings. The third kappa shape index (κ3) is 3.76. The van der Waals surface area contributed by atoms with Crippen LogP contribution in [0.25, 0.3) is 0 Å². The standard InChI is InChI=1S/C17H19F2N3O.ClH/c1-22-8-2-3-16(22)17(23)21-15-10-20-7-6-12(15)11-4-5-13(18)14(19)9-11;/h2-5,8-9,12,15,20H,6-7,10H2,1H3,(H,21,23);1H. The smallest absolute Gasteiger partial charge is 0.268 e. The summed E-state index contributed by atoms with van der Waals surface area (Å²) in [7, 11) is 1.81. The van der Waals surface area contributed by atoms with E-state index in [2.05, 4.69) is 10.6 Å². The van der Waals surface area contributed by atoms with Crippen LogP contribution < -0.4 is 10.6 Å². The summed E-state index contributed by atoms with van der Waals surface area (Å²) >= 11 is 0. The Morgan fingerprint density at radius 1 is 1.29 bits per heavy atom. The van der Waals surface area contributed by atoms with Crippen molar-refractivity contribution in [2.45, 2.75) is 18.4 Å². The van der Waals surface area contributed by atoms with Crippen molar-refractivity contribution in [1.29, 1.82) is 0 Å². The molecule has 7 heteroatoms. The van der Waals surface area contributed by atoms with Crippen LogP contribution in [0.15, 0.2) is 36.5 Å². The predicted octanol–water partition coefficient (Wildman–Crippen LogP) is 2.60. The number of rotatable bonds is 3. The van der Waals surface area contributed by atoms with Gasteiger partial charge in [0.2, 0.25) is 0 Å². The Bertz CT molecular complexity index is 720. The quantitative estimate of drug-likeness (QED) is 0.889. The summed E-state index contributed by atoms with van der Waals surface area (Å²) < 4.78 is 28.4. The molecule has 2 atom stereocenters. The lowest BCUT2D eigenvalue weighted by Crippen LogP contribution is -2.50. The number of hydrogen-bond donors (Lipinski definition) is 2. The van der Waals surface area contributed by atoms with Gasteiger partial charge < -0.3 is 15.2 Å². The average molecular weight is 356 g/mol. The minimum atomic E-state index is -0.855. The van der Waals surface area contributed by atoms with Crippen molar-refractivity contribution in [3.05, 3.63) is 59.4 Å². The topological polar surface area (TPSA) is 46.1 Å². The number of aryl methyl sites for hydroxylation is 1. The first-order chi connectivity index (χ1) is 11.1. The molecule has 2 aromatic rings. The molecule has 2 heterocycles. The summed E-state index contributed by atoms with van der Waals surface area (Å²) in [6, 6.07) is 7.35. The first kappa shape index (κ1) is 18.4. The molecule has 0 spiro atoms. The average Bonchev–Trinajstić information content (AvgIpc) is 2.97. The van der Waals surface area contributed by atoms with E-state index < -0.39 is 11.6 Å². The van der Waals surface area contributed by atoms with Crippen molar-refractivity contribution in [3.63, 3.8) is 0 Å². The maximum absolute atomic E-state index is 13.5. The molecule has 2 N–H and O–H groups in total. The lowest BCUT2D eigenvalue weighted by molar-refractivity contribution is 0.0916. The lowest BCUT2D eigenvalue weighted by atomic mass is 9.86. The molecule has 1 aliphatic rings. The number of benzene rings is 1. The van der Waals surface area contributed by atoms with Crippen LogP contribution >= 0.6 is 12.4 Å². The van der Waals surface area contributed by atoms with E-state index in [0.29, 0.717) is 17.8 Å². The van der Waals surface area contributed by atoms with Crippen LogP contribution in [0.3, 0.4) is 0 Å². The number of nitrogens with one attached hydrogen (secondary N) is 2. The molecular weight excluding hydrogens is 336 g/mol. The Labute approximate surface area is 145 Å². The highest BCUT2D eigenvalue weighted by molar-refractivity contribution is 5.93. The summed E-state index contributed by atoms with van der Waals surface area (Å²) in [4.78, 5) is 12.4. The van der Waals surface area contributed by atoms with E-state index in [-0.39, 0.29) is 30.3 Å². The zero-order valence-corrected chi connectivity index (χ0v) is 14.1. The Balaban J connectivity index is 0.00000208. The van der Waals surface area contributed by atoms with Crippen LogP contribution in [0, 0.1) is 11.6 Å². The monoisotopic (exact) mass is 355 g/mol. The second kappa shape index (κ2) is 7.77. The van der Waals surface area contributed by atoms with Crippen molar-refractivity contribution in [2.24, 2.45) is 7.05 Å². The molecule has 0 saturated carbocycles. The van der Waals surface area contributed by atoms with Crippen LogP contribution in [-0.2, 0) is 7.05 Å². The second-order valence-corrected chi connectivity index (χ2v) is 5.86. The zero-order valence-electron chi connectivity index (χ0n) is 13.3. The molecule has 1 aromatic heterocycles. The maximum atomic E-state index is 13.5. The number of hydrogen-bond acceptors (Lipinski definition) is 2. The normalized spacial score (nSPS) is 20.3. The van der Waals surface area contributed by atoms with Gasteiger partial charge in [-0.2, -0.15) is 0 Å². The summed E-state index contributed by atoms with van der Waals surface area (Å²) in [6.07, 6.45) is 2.56. The lowest BCUT2D eigenvalue weighted by Gasteiger charge is -2.33. The number of halogens is 3. The Kier molecular flexibility index (Phi) is 5.96. The molecule has 1 saturated heterocycles. The number of carbonyl (C=O) groups excluding carboxylic acids is 1. The van der Waals surface area contributed by atoms with Crippen LogP contribution in [-0.4, -0.2) is 29.6 Å². The molecular formula is C17H20ClF2N3O. The molecule has 0 aliphatic carbocycles. The summed E-state index contributed by atoms with van der Waals surface area (Å²) in [6.45, 7) is 1.38. The first-order valence-corrected chi connectivity index (χ1v) is 7.64. The van der Waals surface area contributed by atoms with E-state index in [1.807, 2.05) is 0 Å². The van der Waals surface area contributed by atoms with Crippen molar-refractivity contribution < 1.29 is 13.6 Å². The molecule has 4 nitrogen and oxygen atoms in total. The molecule has 1 aliphatic heterocycles. The molecule has 0 bridgehead atoms. The van der Waals surface area contributed by atoms with E-state index >= 15 is 0 Å². The van der Waals surface area contributed by atoms with Crippen molar-refractivity contribution in [2.75, 3.05) is 13.1 Å². The van der Waals surface area contributed by atoms with Crippen LogP contribution in [0.2, 0.25) is 0 Å². The zero-order chi connectivity index (χ0) is 16.4. The fraction of sp³-hybridized carbons (Fsp3) is 0.353. The van der Waals surface area contributed by atoms with Gasteiger partial charge in [0.1, 0.15) is 5.69 Å². The first-order valence-electron chi connectivity index (χ1n) is 7.64. The SMILES string of the molecule is Cl.Cn1cccc1C(=O)NC1CNCCC1c1ccc(F)c(F)c1. The summed E-state index contributed by atoms with van der Waals surface area (Å²) in [5, 5.41) is 6.24. The van der Waals surface area contributed by atoms with Gasteiger partial charge in [-0.15, -0.1) is 12.4 Å². The fourth-order valence-corrected chi connectivity index (χ4v) is 3.09. The largest absolute Gasteiger partial charge is 0.347 e. The van der Waals surface area contributed by atoms with E-state index in [9.17, 15) is 13.6 Å². The third-order valence-electron chi connectivity index (χ3n) is 4.35. The van der Waals surface area contributed by atoms with Gasteiger partial charge in [0.15, 0.2) is 11.6 Å².